The summed E-state index contributed by atoms with van der Waals surface area (Å²) in [4.78, 5) is 32.3. The van der Waals surface area contributed by atoms with E-state index in [1.807, 2.05) is 0 Å². The number of aromatic nitrogens is 1. The van der Waals surface area contributed by atoms with Crippen molar-refractivity contribution in [2.45, 2.75) is 6.04 Å². The molecule has 1 fully saturated rings. The maximum atomic E-state index is 13.3. The minimum absolute atomic E-state index is 0.0383. The van der Waals surface area contributed by atoms with Crippen LogP contribution in [0.1, 0.15) is 17.2 Å². The lowest BCUT2D eigenvalue weighted by Crippen LogP contribution is -2.29. The van der Waals surface area contributed by atoms with Crippen molar-refractivity contribution in [3.8, 4) is 11.5 Å². The Kier molecular flexibility index (Phi) is 5.47. The number of halogens is 1. The van der Waals surface area contributed by atoms with E-state index in [1.165, 1.54) is 35.5 Å². The summed E-state index contributed by atoms with van der Waals surface area (Å²) in [6, 6.07) is 16.9. The Morgan fingerprint density at radius 3 is 2.56 bits per heavy atom. The van der Waals surface area contributed by atoms with Crippen LogP contribution < -0.4 is 9.64 Å². The number of benzene rings is 3. The first-order chi connectivity index (χ1) is 16.4. The number of carbonyl (C=O) groups is 2. The quantitative estimate of drug-likeness (QED) is 0.228. The number of nitrogens with zero attached hydrogens (tertiary/aromatic N) is 2. The number of thiazole rings is 1. The number of aliphatic hydroxyl groups excluding tert-OH is 1. The predicted octanol–water partition coefficient (Wildman–Crippen LogP) is 5.29. The minimum atomic E-state index is -0.995. The molecule has 4 aromatic rings. The van der Waals surface area contributed by atoms with Gasteiger partial charge in [0, 0.05) is 10.6 Å². The molecule has 0 bridgehead atoms. The summed E-state index contributed by atoms with van der Waals surface area (Å²) < 4.78 is 5.90. The van der Waals surface area contributed by atoms with Gasteiger partial charge in [0.25, 0.3) is 5.78 Å². The fourth-order valence-electron chi connectivity index (χ4n) is 3.93. The Morgan fingerprint density at radius 1 is 1.09 bits per heavy atom. The van der Waals surface area contributed by atoms with Crippen LogP contribution in [0.3, 0.4) is 0 Å². The van der Waals surface area contributed by atoms with Crippen molar-refractivity contribution in [3.63, 3.8) is 0 Å². The van der Waals surface area contributed by atoms with Gasteiger partial charge >= 0.3 is 5.91 Å². The van der Waals surface area contributed by atoms with Crippen LogP contribution >= 0.6 is 22.9 Å². The molecule has 1 amide bonds. The van der Waals surface area contributed by atoms with Crippen LogP contribution in [0.4, 0.5) is 5.13 Å². The number of ether oxygens (including phenoxy) is 1. The van der Waals surface area contributed by atoms with Crippen molar-refractivity contribution >= 4 is 55.7 Å². The number of ketones is 1. The van der Waals surface area contributed by atoms with Gasteiger partial charge < -0.3 is 14.9 Å². The third-order valence-corrected chi connectivity index (χ3v) is 6.79. The molecule has 1 aliphatic heterocycles. The normalized spacial score (nSPS) is 17.5. The maximum absolute atomic E-state index is 13.3. The number of phenolic OH excluding ortho intramolecular Hbond substituents is 1. The van der Waals surface area contributed by atoms with E-state index in [2.05, 4.69) is 4.98 Å². The lowest BCUT2D eigenvalue weighted by atomic mass is 9.95. The first-order valence-corrected chi connectivity index (χ1v) is 11.4. The number of hydrogen-bond acceptors (Lipinski definition) is 7. The zero-order chi connectivity index (χ0) is 24.0. The fourth-order valence-corrected chi connectivity index (χ4v) is 5.20. The first kappa shape index (κ1) is 21.9. The second kappa shape index (κ2) is 8.48. The molecule has 1 atom stereocenters. The Morgan fingerprint density at radius 2 is 1.85 bits per heavy atom. The number of anilines is 1. The average Bonchev–Trinajstić information content (AvgIpc) is 3.36. The van der Waals surface area contributed by atoms with Gasteiger partial charge in [-0.3, -0.25) is 14.5 Å². The molecule has 3 aromatic carbocycles. The topological polar surface area (TPSA) is 100.0 Å². The van der Waals surface area contributed by atoms with Crippen LogP contribution in [0, 0.1) is 0 Å². The number of Topliss-reactive ketones (excluding diaryl/α,β-unsaturated/α-hetero) is 1. The summed E-state index contributed by atoms with van der Waals surface area (Å²) in [5.74, 6) is -1.47. The number of carbonyl (C=O) groups excluding carboxylic acids is 2. The monoisotopic (exact) mass is 492 g/mol. The van der Waals surface area contributed by atoms with Crippen LogP contribution in [0.15, 0.2) is 72.3 Å². The Labute approximate surface area is 203 Å². The summed E-state index contributed by atoms with van der Waals surface area (Å²) in [6.45, 7) is 0. The van der Waals surface area contributed by atoms with E-state index >= 15 is 0 Å². The summed E-state index contributed by atoms with van der Waals surface area (Å²) >= 11 is 7.31. The van der Waals surface area contributed by atoms with Crippen LogP contribution in [0.5, 0.6) is 11.5 Å². The number of methoxy groups -OCH3 is 1. The van der Waals surface area contributed by atoms with E-state index in [1.54, 1.807) is 54.6 Å². The number of amides is 1. The third kappa shape index (κ3) is 3.67. The second-order valence-corrected chi connectivity index (χ2v) is 9.05. The fraction of sp³-hybridized carbons (Fsp3) is 0.0800. The average molecular weight is 493 g/mol. The number of aromatic hydroxyl groups is 1. The van der Waals surface area contributed by atoms with Gasteiger partial charge in [-0.1, -0.05) is 35.1 Å². The van der Waals surface area contributed by atoms with E-state index in [0.717, 1.165) is 4.70 Å². The summed E-state index contributed by atoms with van der Waals surface area (Å²) in [7, 11) is 1.52. The lowest BCUT2D eigenvalue weighted by molar-refractivity contribution is -0.132. The molecule has 170 valence electrons. The Bertz CT molecular complexity index is 1480. The van der Waals surface area contributed by atoms with Crippen molar-refractivity contribution in [2.24, 2.45) is 0 Å². The molecule has 1 aliphatic rings. The van der Waals surface area contributed by atoms with Gasteiger partial charge in [-0.2, -0.15) is 0 Å². The highest BCUT2D eigenvalue weighted by Crippen LogP contribution is 2.45. The molecular weight excluding hydrogens is 476 g/mol. The highest BCUT2D eigenvalue weighted by Gasteiger charge is 2.48. The SMILES string of the molecule is COc1ccc(/C(O)=C2\C(=O)C(=O)N(c3nc4ccc(Cl)cc4s3)C2c2cccc(O)c2)cc1. The van der Waals surface area contributed by atoms with Gasteiger partial charge in [0.05, 0.1) is 28.9 Å². The van der Waals surface area contributed by atoms with Gasteiger partial charge in [0.2, 0.25) is 0 Å². The van der Waals surface area contributed by atoms with E-state index in [-0.39, 0.29) is 22.2 Å². The number of fused-ring (bicyclic) bond motifs is 1. The van der Waals surface area contributed by atoms with Crippen molar-refractivity contribution in [2.75, 3.05) is 12.0 Å². The molecule has 0 spiro atoms. The van der Waals surface area contributed by atoms with Gasteiger partial charge in [0.1, 0.15) is 17.3 Å². The van der Waals surface area contributed by atoms with Crippen LogP contribution in [0.25, 0.3) is 16.0 Å². The minimum Gasteiger partial charge on any atom is -0.508 e. The molecule has 0 aliphatic carbocycles. The molecule has 9 heteroatoms. The van der Waals surface area contributed by atoms with Crippen LogP contribution in [-0.4, -0.2) is 34.0 Å². The van der Waals surface area contributed by atoms with Crippen molar-refractivity contribution < 1.29 is 24.5 Å². The van der Waals surface area contributed by atoms with E-state index in [0.29, 0.717) is 27.4 Å². The lowest BCUT2D eigenvalue weighted by Gasteiger charge is -2.23. The van der Waals surface area contributed by atoms with Crippen molar-refractivity contribution in [1.82, 2.24) is 4.98 Å². The second-order valence-electron chi connectivity index (χ2n) is 7.60. The van der Waals surface area contributed by atoms with Crippen LogP contribution in [0.2, 0.25) is 5.02 Å². The van der Waals surface area contributed by atoms with Crippen molar-refractivity contribution in [3.05, 3.63) is 88.5 Å². The predicted molar refractivity (Wildman–Crippen MR) is 131 cm³/mol. The van der Waals surface area contributed by atoms with Gasteiger partial charge in [-0.25, -0.2) is 4.98 Å². The molecule has 5 rings (SSSR count). The Balaban J connectivity index is 1.72. The molecule has 34 heavy (non-hydrogen) atoms. The molecule has 1 aromatic heterocycles. The first-order valence-electron chi connectivity index (χ1n) is 10.2. The van der Waals surface area contributed by atoms with E-state index in [9.17, 15) is 19.8 Å². The van der Waals surface area contributed by atoms with E-state index < -0.39 is 17.7 Å². The zero-order valence-corrected chi connectivity index (χ0v) is 19.3. The Hall–Kier alpha value is -3.88. The number of phenols is 1. The van der Waals surface area contributed by atoms with Gasteiger partial charge in [-0.05, 0) is 60.2 Å². The molecule has 1 unspecified atom stereocenters. The standard InChI is InChI=1S/C25H17ClN2O5S/c1-33-17-8-5-13(6-9-17)22(30)20-21(14-3-2-4-16(29)11-14)28(24(32)23(20)31)25-27-18-10-7-15(26)12-19(18)34-25/h2-12,21,29-30H,1H3/b22-20+. The summed E-state index contributed by atoms with van der Waals surface area (Å²) in [5.41, 5.74) is 1.32. The molecule has 7 nitrogen and oxygen atoms in total. The number of aliphatic hydroxyl groups is 1. The highest BCUT2D eigenvalue weighted by molar-refractivity contribution is 7.22. The summed E-state index contributed by atoms with van der Waals surface area (Å²) in [6.07, 6.45) is 0. The smallest absolute Gasteiger partial charge is 0.301 e. The molecule has 1 saturated heterocycles. The van der Waals surface area contributed by atoms with Crippen molar-refractivity contribution in [1.29, 1.82) is 0 Å². The maximum Gasteiger partial charge on any atom is 0.301 e. The zero-order valence-electron chi connectivity index (χ0n) is 17.7. The summed E-state index contributed by atoms with van der Waals surface area (Å²) in [5, 5.41) is 22.1. The van der Waals surface area contributed by atoms with E-state index in [4.69, 9.17) is 16.3 Å². The third-order valence-electron chi connectivity index (χ3n) is 5.54. The van der Waals surface area contributed by atoms with Crippen LogP contribution in [-0.2, 0) is 9.59 Å². The largest absolute Gasteiger partial charge is 0.508 e. The molecule has 0 saturated carbocycles. The number of hydrogen-bond donors (Lipinski definition) is 2. The van der Waals surface area contributed by atoms with Gasteiger partial charge in [-0.15, -0.1) is 0 Å². The molecule has 2 N–H and O–H groups in total. The molecule has 2 heterocycles. The highest BCUT2D eigenvalue weighted by atomic mass is 35.5. The molecular formula is C25H17ClN2O5S. The van der Waals surface area contributed by atoms with Gasteiger partial charge in [0.15, 0.2) is 5.13 Å². The molecule has 0 radical (unpaired) electrons. The number of rotatable bonds is 4.